The maximum atomic E-state index is 11.6. The number of nitrogens with one attached hydrogen (secondary N) is 1. The molecule has 0 unspecified atom stereocenters. The van der Waals surface area contributed by atoms with Crippen molar-refractivity contribution in [3.05, 3.63) is 30.2 Å². The van der Waals surface area contributed by atoms with Crippen LogP contribution >= 0.6 is 0 Å². The van der Waals surface area contributed by atoms with Gasteiger partial charge in [0, 0.05) is 6.54 Å². The molecule has 0 aliphatic carbocycles. The summed E-state index contributed by atoms with van der Waals surface area (Å²) in [5, 5.41) is 6.68. The van der Waals surface area contributed by atoms with Gasteiger partial charge in [-0.2, -0.15) is 5.10 Å². The Bertz CT molecular complexity index is 463. The number of carbonyl (C=O) groups is 1. The molecule has 0 bridgehead atoms. The Balaban J connectivity index is 2.50. The number of hydrogen-bond donors (Lipinski definition) is 1. The zero-order chi connectivity index (χ0) is 9.97. The zero-order valence-electron chi connectivity index (χ0n) is 7.77. The summed E-state index contributed by atoms with van der Waals surface area (Å²) in [5.41, 5.74) is 1.18. The first-order chi connectivity index (χ1) is 6.83. The van der Waals surface area contributed by atoms with E-state index in [1.165, 1.54) is 10.8 Å². The maximum absolute atomic E-state index is 11.6. The number of carbonyl (C=O) groups excluding carboxylic acids is 1. The normalized spacial score (nSPS) is 10.4. The Labute approximate surface area is 80.8 Å². The molecule has 1 amide bonds. The van der Waals surface area contributed by atoms with Gasteiger partial charge in [0.05, 0.1) is 0 Å². The van der Waals surface area contributed by atoms with Crippen molar-refractivity contribution in [1.29, 1.82) is 0 Å². The number of pyridine rings is 1. The van der Waals surface area contributed by atoms with E-state index in [-0.39, 0.29) is 5.91 Å². The van der Waals surface area contributed by atoms with Gasteiger partial charge in [-0.25, -0.2) is 9.50 Å². The van der Waals surface area contributed by atoms with Gasteiger partial charge in [-0.05, 0) is 19.1 Å². The minimum absolute atomic E-state index is 0.136. The molecule has 0 aliphatic heterocycles. The largest absolute Gasteiger partial charge is 0.351 e. The third kappa shape index (κ3) is 1.32. The lowest BCUT2D eigenvalue weighted by atomic mass is 10.3. The lowest BCUT2D eigenvalue weighted by Gasteiger charge is -2.03. The highest BCUT2D eigenvalue weighted by Gasteiger charge is 2.08. The van der Waals surface area contributed by atoms with Gasteiger partial charge in [-0.15, -0.1) is 0 Å². The van der Waals surface area contributed by atoms with E-state index in [0.29, 0.717) is 17.9 Å². The number of amides is 1. The van der Waals surface area contributed by atoms with E-state index < -0.39 is 0 Å². The molecule has 5 nitrogen and oxygen atoms in total. The van der Waals surface area contributed by atoms with Gasteiger partial charge in [-0.1, -0.05) is 6.07 Å². The Morgan fingerprint density at radius 3 is 3.21 bits per heavy atom. The molecule has 2 aromatic heterocycles. The van der Waals surface area contributed by atoms with Gasteiger partial charge < -0.3 is 5.32 Å². The fourth-order valence-electron chi connectivity index (χ4n) is 1.27. The predicted molar refractivity (Wildman–Crippen MR) is 51.0 cm³/mol. The molecule has 0 saturated carbocycles. The van der Waals surface area contributed by atoms with Crippen LogP contribution in [0.25, 0.3) is 5.65 Å². The number of rotatable bonds is 2. The Morgan fingerprint density at radius 1 is 1.57 bits per heavy atom. The third-order valence-corrected chi connectivity index (χ3v) is 1.87. The topological polar surface area (TPSA) is 59.3 Å². The molecule has 1 N–H and O–H groups in total. The quantitative estimate of drug-likeness (QED) is 0.749. The molecule has 0 atom stereocenters. The van der Waals surface area contributed by atoms with Crippen LogP contribution in [0.3, 0.4) is 0 Å². The van der Waals surface area contributed by atoms with E-state index in [2.05, 4.69) is 15.4 Å². The molecule has 14 heavy (non-hydrogen) atoms. The summed E-state index contributed by atoms with van der Waals surface area (Å²) in [7, 11) is 0. The molecule has 2 aromatic rings. The number of fused-ring (bicyclic) bond motifs is 1. The van der Waals surface area contributed by atoms with Gasteiger partial charge in [0.25, 0.3) is 5.91 Å². The van der Waals surface area contributed by atoms with Crippen LogP contribution in [0.2, 0.25) is 0 Å². The summed E-state index contributed by atoms with van der Waals surface area (Å²) in [4.78, 5) is 15.6. The van der Waals surface area contributed by atoms with Gasteiger partial charge in [0.2, 0.25) is 0 Å². The fraction of sp³-hybridized carbons (Fsp3) is 0.222. The van der Waals surface area contributed by atoms with Crippen LogP contribution in [-0.2, 0) is 0 Å². The molecule has 0 saturated heterocycles. The second kappa shape index (κ2) is 3.45. The van der Waals surface area contributed by atoms with E-state index >= 15 is 0 Å². The van der Waals surface area contributed by atoms with Gasteiger partial charge in [0.1, 0.15) is 12.0 Å². The first-order valence-corrected chi connectivity index (χ1v) is 4.40. The predicted octanol–water partition coefficient (Wildman–Crippen LogP) is 0.479. The minimum atomic E-state index is -0.136. The molecular formula is C9H10N4O. The van der Waals surface area contributed by atoms with Crippen LogP contribution in [0.4, 0.5) is 0 Å². The van der Waals surface area contributed by atoms with E-state index in [4.69, 9.17) is 0 Å². The smallest absolute Gasteiger partial charge is 0.270 e. The van der Waals surface area contributed by atoms with Crippen molar-refractivity contribution < 1.29 is 4.79 Å². The second-order valence-electron chi connectivity index (χ2n) is 2.80. The van der Waals surface area contributed by atoms with Crippen molar-refractivity contribution in [3.8, 4) is 0 Å². The summed E-state index contributed by atoms with van der Waals surface area (Å²) in [5.74, 6) is -0.136. The van der Waals surface area contributed by atoms with E-state index in [9.17, 15) is 4.79 Å². The van der Waals surface area contributed by atoms with Crippen LogP contribution in [0.5, 0.6) is 0 Å². The molecule has 0 aliphatic rings. The maximum Gasteiger partial charge on any atom is 0.270 e. The summed E-state index contributed by atoms with van der Waals surface area (Å²) < 4.78 is 1.52. The van der Waals surface area contributed by atoms with Crippen molar-refractivity contribution in [1.82, 2.24) is 19.9 Å². The summed E-state index contributed by atoms with van der Waals surface area (Å²) in [6.07, 6.45) is 1.43. The first-order valence-electron chi connectivity index (χ1n) is 4.40. The molecule has 5 heteroatoms. The average molecular weight is 190 g/mol. The number of hydrogen-bond acceptors (Lipinski definition) is 3. The highest BCUT2D eigenvalue weighted by atomic mass is 16.1. The highest BCUT2D eigenvalue weighted by molar-refractivity contribution is 5.92. The lowest BCUT2D eigenvalue weighted by molar-refractivity contribution is 0.0948. The summed E-state index contributed by atoms with van der Waals surface area (Å²) >= 11 is 0. The molecule has 2 heterocycles. The zero-order valence-corrected chi connectivity index (χ0v) is 7.77. The van der Waals surface area contributed by atoms with E-state index in [1.807, 2.05) is 6.92 Å². The third-order valence-electron chi connectivity index (χ3n) is 1.87. The van der Waals surface area contributed by atoms with Crippen molar-refractivity contribution in [2.75, 3.05) is 6.54 Å². The fourth-order valence-corrected chi connectivity index (χ4v) is 1.27. The minimum Gasteiger partial charge on any atom is -0.351 e. The molecule has 72 valence electrons. The van der Waals surface area contributed by atoms with Crippen LogP contribution in [-0.4, -0.2) is 27.0 Å². The monoisotopic (exact) mass is 190 g/mol. The number of aromatic nitrogens is 3. The molecule has 0 radical (unpaired) electrons. The Kier molecular flexibility index (Phi) is 2.14. The highest BCUT2D eigenvalue weighted by Crippen LogP contribution is 2.02. The van der Waals surface area contributed by atoms with E-state index in [1.54, 1.807) is 18.2 Å². The van der Waals surface area contributed by atoms with Crippen LogP contribution in [0.15, 0.2) is 24.5 Å². The SMILES string of the molecule is CCNC(=O)c1cccc2ncnn12. The average Bonchev–Trinajstić information content (AvgIpc) is 2.65. The van der Waals surface area contributed by atoms with Crippen LogP contribution in [0.1, 0.15) is 17.4 Å². The van der Waals surface area contributed by atoms with Crippen LogP contribution < -0.4 is 5.32 Å². The number of nitrogens with zero attached hydrogens (tertiary/aromatic N) is 3. The van der Waals surface area contributed by atoms with E-state index in [0.717, 1.165) is 0 Å². The second-order valence-corrected chi connectivity index (χ2v) is 2.80. The lowest BCUT2D eigenvalue weighted by Crippen LogP contribution is -2.25. The first kappa shape index (κ1) is 8.68. The van der Waals surface area contributed by atoms with Crippen molar-refractivity contribution in [2.24, 2.45) is 0 Å². The summed E-state index contributed by atoms with van der Waals surface area (Å²) in [6, 6.07) is 5.30. The van der Waals surface area contributed by atoms with Crippen LogP contribution in [0, 0.1) is 0 Å². The van der Waals surface area contributed by atoms with Crippen molar-refractivity contribution in [3.63, 3.8) is 0 Å². The Hall–Kier alpha value is -1.91. The summed E-state index contributed by atoms with van der Waals surface area (Å²) in [6.45, 7) is 2.48. The van der Waals surface area contributed by atoms with Gasteiger partial charge in [-0.3, -0.25) is 4.79 Å². The van der Waals surface area contributed by atoms with Gasteiger partial charge >= 0.3 is 0 Å². The molecule has 0 spiro atoms. The molecular weight excluding hydrogens is 180 g/mol. The molecule has 0 fully saturated rings. The van der Waals surface area contributed by atoms with Gasteiger partial charge in [0.15, 0.2) is 5.65 Å². The standard InChI is InChI=1S/C9H10N4O/c1-2-10-9(14)7-4-3-5-8-11-6-12-13(7)8/h3-6H,2H2,1H3,(H,10,14). The Morgan fingerprint density at radius 2 is 2.43 bits per heavy atom. The molecule has 0 aromatic carbocycles. The molecule has 2 rings (SSSR count). The van der Waals surface area contributed by atoms with Crippen molar-refractivity contribution in [2.45, 2.75) is 6.92 Å². The van der Waals surface area contributed by atoms with Crippen molar-refractivity contribution >= 4 is 11.6 Å².